The first-order valence-corrected chi connectivity index (χ1v) is 4.58. The zero-order valence-electron chi connectivity index (χ0n) is 6.34. The Hall–Kier alpha value is -0.260. The van der Waals surface area contributed by atoms with Crippen LogP contribution in [0.3, 0.4) is 0 Å². The molecule has 0 aromatic heterocycles. The van der Waals surface area contributed by atoms with Crippen LogP contribution >= 0.6 is 0 Å². The average molecular weight is 134 g/mol. The van der Waals surface area contributed by atoms with Gasteiger partial charge in [0.1, 0.15) is 0 Å². The third-order valence-corrected chi connectivity index (χ3v) is 3.94. The zero-order chi connectivity index (χ0) is 6.60. The molecule has 0 radical (unpaired) electrons. The molecular formula is C10H14. The van der Waals surface area contributed by atoms with Gasteiger partial charge in [0.05, 0.1) is 0 Å². The van der Waals surface area contributed by atoms with Crippen LogP contribution < -0.4 is 0 Å². The monoisotopic (exact) mass is 134 g/mol. The molecular weight excluding hydrogens is 120 g/mol. The highest BCUT2D eigenvalue weighted by Crippen LogP contribution is 2.61. The van der Waals surface area contributed by atoms with Gasteiger partial charge in [-0.3, -0.25) is 0 Å². The van der Waals surface area contributed by atoms with Crippen LogP contribution in [0.4, 0.5) is 0 Å². The fourth-order valence-electron chi connectivity index (χ4n) is 3.49. The van der Waals surface area contributed by atoms with Crippen LogP contribution in [0.5, 0.6) is 0 Å². The minimum absolute atomic E-state index is 0.741. The van der Waals surface area contributed by atoms with Gasteiger partial charge in [0, 0.05) is 0 Å². The van der Waals surface area contributed by atoms with E-state index in [0.29, 0.717) is 0 Å². The van der Waals surface area contributed by atoms with Crippen LogP contribution in [-0.4, -0.2) is 0 Å². The van der Waals surface area contributed by atoms with Gasteiger partial charge in [-0.25, -0.2) is 0 Å². The molecule has 2 saturated carbocycles. The lowest BCUT2D eigenvalue weighted by molar-refractivity contribution is 0.332. The van der Waals surface area contributed by atoms with E-state index in [1.54, 1.807) is 0 Å². The zero-order valence-corrected chi connectivity index (χ0v) is 6.34. The maximum atomic E-state index is 2.54. The minimum atomic E-state index is 0.741. The fourth-order valence-corrected chi connectivity index (χ4v) is 3.49. The fraction of sp³-hybridized carbons (Fsp3) is 0.800. The van der Waals surface area contributed by atoms with Crippen molar-refractivity contribution in [2.24, 2.45) is 17.3 Å². The van der Waals surface area contributed by atoms with Gasteiger partial charge < -0.3 is 0 Å². The number of hydrogen-bond donors (Lipinski definition) is 0. The van der Waals surface area contributed by atoms with E-state index >= 15 is 0 Å². The molecule has 3 aliphatic carbocycles. The first-order valence-electron chi connectivity index (χ1n) is 4.58. The van der Waals surface area contributed by atoms with Gasteiger partial charge in [-0.15, -0.1) is 0 Å². The molecule has 0 aromatic carbocycles. The molecule has 3 rings (SSSR count). The molecule has 0 aliphatic heterocycles. The Morgan fingerprint density at radius 2 is 2.40 bits per heavy atom. The van der Waals surface area contributed by atoms with E-state index in [0.717, 1.165) is 17.3 Å². The second-order valence-corrected chi connectivity index (χ2v) is 4.38. The summed E-state index contributed by atoms with van der Waals surface area (Å²) in [6.07, 6.45) is 12.6. The lowest BCUT2D eigenvalue weighted by Crippen LogP contribution is -2.15. The van der Waals surface area contributed by atoms with Crippen molar-refractivity contribution >= 4 is 0 Å². The van der Waals surface area contributed by atoms with Crippen LogP contribution in [0.1, 0.15) is 32.1 Å². The Labute approximate surface area is 62.3 Å². The van der Waals surface area contributed by atoms with Crippen LogP contribution in [0.2, 0.25) is 0 Å². The van der Waals surface area contributed by atoms with Crippen LogP contribution in [0.15, 0.2) is 12.2 Å². The summed E-state index contributed by atoms with van der Waals surface area (Å²) in [7, 11) is 0. The predicted octanol–water partition coefficient (Wildman–Crippen LogP) is 2.75. The van der Waals surface area contributed by atoms with Crippen molar-refractivity contribution < 1.29 is 0 Å². The van der Waals surface area contributed by atoms with Gasteiger partial charge in [0.25, 0.3) is 0 Å². The van der Waals surface area contributed by atoms with E-state index in [2.05, 4.69) is 12.2 Å². The SMILES string of the molecule is C1=C[C@@]23CCC[C@H]2C[C@@H]1C3. The van der Waals surface area contributed by atoms with Crippen molar-refractivity contribution in [1.82, 2.24) is 0 Å². The highest BCUT2D eigenvalue weighted by atomic mass is 14.5. The number of fused-ring (bicyclic) bond motifs is 1. The molecule has 0 heterocycles. The predicted molar refractivity (Wildman–Crippen MR) is 41.6 cm³/mol. The smallest absolute Gasteiger partial charge is 0.00841 e. The Balaban J connectivity index is 2.07. The lowest BCUT2D eigenvalue weighted by Gasteiger charge is -2.23. The molecule has 1 spiro atoms. The first-order chi connectivity index (χ1) is 4.89. The van der Waals surface area contributed by atoms with Crippen molar-refractivity contribution in [3.05, 3.63) is 12.2 Å². The van der Waals surface area contributed by atoms with Crippen molar-refractivity contribution in [1.29, 1.82) is 0 Å². The maximum absolute atomic E-state index is 2.54. The summed E-state index contributed by atoms with van der Waals surface area (Å²) in [5, 5.41) is 0. The second-order valence-electron chi connectivity index (χ2n) is 4.38. The summed E-state index contributed by atoms with van der Waals surface area (Å²) >= 11 is 0. The highest BCUT2D eigenvalue weighted by molar-refractivity contribution is 5.20. The van der Waals surface area contributed by atoms with Gasteiger partial charge in [0.2, 0.25) is 0 Å². The molecule has 0 heteroatoms. The van der Waals surface area contributed by atoms with Crippen LogP contribution in [0, 0.1) is 17.3 Å². The summed E-state index contributed by atoms with van der Waals surface area (Å²) in [4.78, 5) is 0. The molecule has 3 aliphatic rings. The van der Waals surface area contributed by atoms with Gasteiger partial charge in [-0.05, 0) is 42.9 Å². The van der Waals surface area contributed by atoms with Gasteiger partial charge in [-0.1, -0.05) is 18.6 Å². The summed E-state index contributed by atoms with van der Waals surface area (Å²) in [5.74, 6) is 2.09. The summed E-state index contributed by atoms with van der Waals surface area (Å²) in [6, 6.07) is 0. The molecule has 0 aromatic rings. The summed E-state index contributed by atoms with van der Waals surface area (Å²) < 4.78 is 0. The Kier molecular flexibility index (Phi) is 0.805. The van der Waals surface area contributed by atoms with Crippen LogP contribution in [-0.2, 0) is 0 Å². The van der Waals surface area contributed by atoms with Crippen molar-refractivity contribution in [2.45, 2.75) is 32.1 Å². The molecule has 54 valence electrons. The van der Waals surface area contributed by atoms with Crippen molar-refractivity contribution in [3.8, 4) is 0 Å². The molecule has 0 N–H and O–H groups in total. The number of allylic oxidation sites excluding steroid dienone is 2. The van der Waals surface area contributed by atoms with E-state index in [1.807, 2.05) is 0 Å². The van der Waals surface area contributed by atoms with Crippen molar-refractivity contribution in [3.63, 3.8) is 0 Å². The molecule has 0 amide bonds. The summed E-state index contributed by atoms with van der Waals surface area (Å²) in [5.41, 5.74) is 0.741. The van der Waals surface area contributed by atoms with E-state index < -0.39 is 0 Å². The molecule has 2 bridgehead atoms. The van der Waals surface area contributed by atoms with Gasteiger partial charge in [0.15, 0.2) is 0 Å². The Bertz CT molecular complexity index is 192. The van der Waals surface area contributed by atoms with Gasteiger partial charge in [-0.2, -0.15) is 0 Å². The largest absolute Gasteiger partial charge is 0.0848 e. The molecule has 2 fully saturated rings. The normalized spacial score (nSPS) is 56.0. The second kappa shape index (κ2) is 1.49. The summed E-state index contributed by atoms with van der Waals surface area (Å²) in [6.45, 7) is 0. The Morgan fingerprint density at radius 1 is 1.40 bits per heavy atom. The number of hydrogen-bond acceptors (Lipinski definition) is 0. The third-order valence-electron chi connectivity index (χ3n) is 3.94. The third kappa shape index (κ3) is 0.457. The average Bonchev–Trinajstić information content (AvgIpc) is 2.48. The highest BCUT2D eigenvalue weighted by Gasteiger charge is 2.50. The minimum Gasteiger partial charge on any atom is -0.0848 e. The quantitative estimate of drug-likeness (QED) is 0.447. The van der Waals surface area contributed by atoms with E-state index in [4.69, 9.17) is 0 Å². The molecule has 10 heavy (non-hydrogen) atoms. The van der Waals surface area contributed by atoms with E-state index in [9.17, 15) is 0 Å². The molecule has 0 saturated heterocycles. The van der Waals surface area contributed by atoms with E-state index in [1.165, 1.54) is 32.1 Å². The molecule has 0 nitrogen and oxygen atoms in total. The van der Waals surface area contributed by atoms with Crippen molar-refractivity contribution in [2.75, 3.05) is 0 Å². The molecule has 3 atom stereocenters. The topological polar surface area (TPSA) is 0 Å². The maximum Gasteiger partial charge on any atom is -0.00841 e. The number of rotatable bonds is 0. The molecule has 0 unspecified atom stereocenters. The van der Waals surface area contributed by atoms with E-state index in [-0.39, 0.29) is 0 Å². The standard InChI is InChI=1S/C10H14/c1-2-9-6-8-3-5-10(9,4-1)7-8/h3,5,8-9H,1-2,4,6-7H2/t8-,9+,10-/m1/s1. The van der Waals surface area contributed by atoms with Crippen LogP contribution in [0.25, 0.3) is 0 Å². The lowest BCUT2D eigenvalue weighted by atomic mass is 9.81. The first kappa shape index (κ1) is 5.40. The Morgan fingerprint density at radius 3 is 3.20 bits per heavy atom. The van der Waals surface area contributed by atoms with Gasteiger partial charge >= 0.3 is 0 Å².